The molecule has 2 rings (SSSR count). The van der Waals surface area contributed by atoms with Crippen molar-refractivity contribution in [1.29, 1.82) is 0 Å². The van der Waals surface area contributed by atoms with Crippen LogP contribution in [0.25, 0.3) is 0 Å². The number of hydrogen-bond donors (Lipinski definition) is 1. The Bertz CT molecular complexity index is 411. The zero-order valence-electron chi connectivity index (χ0n) is 10.7. The molecule has 1 fully saturated rings. The van der Waals surface area contributed by atoms with E-state index in [-0.39, 0.29) is 16.9 Å². The van der Waals surface area contributed by atoms with E-state index < -0.39 is 0 Å². The van der Waals surface area contributed by atoms with Crippen LogP contribution in [0, 0.1) is 5.82 Å². The Hall–Kier alpha value is -0.640. The Balaban J connectivity index is 2.24. The summed E-state index contributed by atoms with van der Waals surface area (Å²) < 4.78 is 13.6. The van der Waals surface area contributed by atoms with Crippen molar-refractivity contribution in [1.82, 2.24) is 4.90 Å². The minimum absolute atomic E-state index is 0.101. The van der Waals surface area contributed by atoms with Crippen molar-refractivity contribution in [3.05, 3.63) is 34.6 Å². The summed E-state index contributed by atoms with van der Waals surface area (Å²) in [7, 11) is 0. The average molecular weight is 271 g/mol. The normalized spacial score (nSPS) is 22.3. The average Bonchev–Trinajstić information content (AvgIpc) is 2.83. The third kappa shape index (κ3) is 2.68. The molecule has 0 saturated carbocycles. The summed E-state index contributed by atoms with van der Waals surface area (Å²) >= 11 is 5.72. The number of hydrogen-bond acceptors (Lipinski definition) is 2. The maximum Gasteiger partial charge on any atom is 0.142 e. The predicted octanol–water partition coefficient (Wildman–Crippen LogP) is 3.35. The molecule has 2 atom stereocenters. The largest absolute Gasteiger partial charge is 0.329 e. The van der Waals surface area contributed by atoms with E-state index >= 15 is 0 Å². The molecule has 0 spiro atoms. The molecule has 1 aliphatic heterocycles. The Kier molecular flexibility index (Phi) is 4.60. The fourth-order valence-electron chi connectivity index (χ4n) is 2.89. The minimum Gasteiger partial charge on any atom is -0.329 e. The van der Waals surface area contributed by atoms with Gasteiger partial charge < -0.3 is 5.73 Å². The van der Waals surface area contributed by atoms with Crippen LogP contribution in [0.5, 0.6) is 0 Å². The van der Waals surface area contributed by atoms with Crippen LogP contribution in [0.2, 0.25) is 5.02 Å². The highest BCUT2D eigenvalue weighted by Gasteiger charge is 2.29. The van der Waals surface area contributed by atoms with Crippen LogP contribution in [0.1, 0.15) is 37.8 Å². The molecular formula is C14H20ClFN2. The molecule has 0 aromatic heterocycles. The molecule has 2 unspecified atom stereocenters. The van der Waals surface area contributed by atoms with E-state index in [2.05, 4.69) is 11.8 Å². The monoisotopic (exact) mass is 270 g/mol. The third-order valence-electron chi connectivity index (χ3n) is 3.85. The molecule has 100 valence electrons. The molecule has 4 heteroatoms. The number of halogens is 2. The molecule has 0 amide bonds. The third-order valence-corrected chi connectivity index (χ3v) is 4.15. The Labute approximate surface area is 113 Å². The lowest BCUT2D eigenvalue weighted by Gasteiger charge is -2.32. The van der Waals surface area contributed by atoms with Gasteiger partial charge in [-0.25, -0.2) is 4.39 Å². The summed E-state index contributed by atoms with van der Waals surface area (Å²) in [4.78, 5) is 2.41. The Morgan fingerprint density at radius 2 is 2.33 bits per heavy atom. The highest BCUT2D eigenvalue weighted by atomic mass is 35.5. The summed E-state index contributed by atoms with van der Waals surface area (Å²) in [5, 5.41) is 0.169. The summed E-state index contributed by atoms with van der Waals surface area (Å²) in [5.74, 6) is -0.361. The lowest BCUT2D eigenvalue weighted by atomic mass is 10.0. The first-order valence-electron chi connectivity index (χ1n) is 6.58. The zero-order valence-corrected chi connectivity index (χ0v) is 11.5. The molecule has 1 aromatic carbocycles. The van der Waals surface area contributed by atoms with Gasteiger partial charge in [-0.15, -0.1) is 0 Å². The molecule has 0 bridgehead atoms. The highest BCUT2D eigenvalue weighted by molar-refractivity contribution is 6.30. The summed E-state index contributed by atoms with van der Waals surface area (Å²) in [6, 6.07) is 5.69. The molecular weight excluding hydrogens is 251 g/mol. The summed E-state index contributed by atoms with van der Waals surface area (Å²) in [6.07, 6.45) is 3.53. The number of benzene rings is 1. The van der Waals surface area contributed by atoms with Gasteiger partial charge in [0, 0.05) is 18.6 Å². The van der Waals surface area contributed by atoms with Crippen LogP contribution < -0.4 is 5.73 Å². The van der Waals surface area contributed by atoms with E-state index in [1.54, 1.807) is 6.07 Å². The quantitative estimate of drug-likeness (QED) is 0.909. The van der Waals surface area contributed by atoms with Gasteiger partial charge in [0.15, 0.2) is 0 Å². The molecule has 18 heavy (non-hydrogen) atoms. The first-order chi connectivity index (χ1) is 8.67. The van der Waals surface area contributed by atoms with Crippen molar-refractivity contribution in [2.75, 3.05) is 13.1 Å². The minimum atomic E-state index is -0.361. The fraction of sp³-hybridized carbons (Fsp3) is 0.571. The highest BCUT2D eigenvalue weighted by Crippen LogP contribution is 2.31. The van der Waals surface area contributed by atoms with Gasteiger partial charge >= 0.3 is 0 Å². The Morgan fingerprint density at radius 3 is 2.94 bits per heavy atom. The van der Waals surface area contributed by atoms with Crippen LogP contribution in [0.15, 0.2) is 18.2 Å². The maximum atomic E-state index is 13.6. The van der Waals surface area contributed by atoms with Gasteiger partial charge in [-0.2, -0.15) is 0 Å². The van der Waals surface area contributed by atoms with Crippen LogP contribution in [0.3, 0.4) is 0 Å². The van der Waals surface area contributed by atoms with Gasteiger partial charge in [0.1, 0.15) is 5.82 Å². The molecule has 0 radical (unpaired) electrons. The van der Waals surface area contributed by atoms with Gasteiger partial charge in [0.05, 0.1) is 5.02 Å². The van der Waals surface area contributed by atoms with E-state index in [4.69, 9.17) is 17.3 Å². The second kappa shape index (κ2) is 6.00. The van der Waals surface area contributed by atoms with E-state index in [1.807, 2.05) is 6.07 Å². The molecule has 1 saturated heterocycles. The van der Waals surface area contributed by atoms with Crippen LogP contribution in [-0.2, 0) is 0 Å². The first kappa shape index (κ1) is 13.8. The van der Waals surface area contributed by atoms with Crippen LogP contribution in [-0.4, -0.2) is 24.0 Å². The van der Waals surface area contributed by atoms with E-state index in [1.165, 1.54) is 18.9 Å². The van der Waals surface area contributed by atoms with Crippen molar-refractivity contribution in [2.45, 2.75) is 38.3 Å². The van der Waals surface area contributed by atoms with Crippen molar-refractivity contribution < 1.29 is 4.39 Å². The number of likely N-dealkylation sites (tertiary alicyclic amines) is 1. The summed E-state index contributed by atoms with van der Waals surface area (Å²) in [6.45, 7) is 3.75. The standard InChI is InChI=1S/C14H20ClFN2/c1-2-11-4-3-7-18(11)14(9-17)10-5-6-12(15)13(16)8-10/h5-6,8,11,14H,2-4,7,9,17H2,1H3. The molecule has 1 aliphatic rings. The second-order valence-corrected chi connectivity index (χ2v) is 5.27. The topological polar surface area (TPSA) is 29.3 Å². The van der Waals surface area contributed by atoms with Gasteiger partial charge in [0.25, 0.3) is 0 Å². The van der Waals surface area contributed by atoms with Crippen LogP contribution >= 0.6 is 11.6 Å². The van der Waals surface area contributed by atoms with Gasteiger partial charge in [0.2, 0.25) is 0 Å². The number of nitrogens with zero attached hydrogens (tertiary/aromatic N) is 1. The molecule has 1 aromatic rings. The summed E-state index contributed by atoms with van der Waals surface area (Å²) in [5.41, 5.74) is 6.82. The smallest absolute Gasteiger partial charge is 0.142 e. The Morgan fingerprint density at radius 1 is 1.56 bits per heavy atom. The molecule has 0 aliphatic carbocycles. The van der Waals surface area contributed by atoms with Crippen molar-refractivity contribution in [3.63, 3.8) is 0 Å². The van der Waals surface area contributed by atoms with Gasteiger partial charge in [-0.1, -0.05) is 24.6 Å². The molecule has 2 nitrogen and oxygen atoms in total. The second-order valence-electron chi connectivity index (χ2n) is 4.87. The maximum absolute atomic E-state index is 13.6. The zero-order chi connectivity index (χ0) is 13.1. The van der Waals surface area contributed by atoms with Gasteiger partial charge in [-0.05, 0) is 43.5 Å². The van der Waals surface area contributed by atoms with Crippen molar-refractivity contribution >= 4 is 11.6 Å². The fourth-order valence-corrected chi connectivity index (χ4v) is 3.01. The molecule has 2 N–H and O–H groups in total. The van der Waals surface area contributed by atoms with Crippen molar-refractivity contribution in [2.24, 2.45) is 5.73 Å². The van der Waals surface area contributed by atoms with Crippen molar-refractivity contribution in [3.8, 4) is 0 Å². The lowest BCUT2D eigenvalue weighted by molar-refractivity contribution is 0.180. The SMILES string of the molecule is CCC1CCCN1C(CN)c1ccc(Cl)c(F)c1. The lowest BCUT2D eigenvalue weighted by Crippen LogP contribution is -2.37. The first-order valence-corrected chi connectivity index (χ1v) is 6.96. The van der Waals surface area contributed by atoms with Gasteiger partial charge in [-0.3, -0.25) is 4.90 Å². The number of rotatable bonds is 4. The molecule has 1 heterocycles. The number of nitrogens with two attached hydrogens (primary N) is 1. The van der Waals surface area contributed by atoms with E-state index in [0.717, 1.165) is 18.5 Å². The van der Waals surface area contributed by atoms with E-state index in [0.29, 0.717) is 12.6 Å². The van der Waals surface area contributed by atoms with E-state index in [9.17, 15) is 4.39 Å². The van der Waals surface area contributed by atoms with Crippen LogP contribution in [0.4, 0.5) is 4.39 Å². The predicted molar refractivity (Wildman–Crippen MR) is 73.2 cm³/mol.